The second kappa shape index (κ2) is 7.46. The van der Waals surface area contributed by atoms with Crippen molar-refractivity contribution in [3.8, 4) is 0 Å². The van der Waals surface area contributed by atoms with Gasteiger partial charge in [0.2, 0.25) is 5.91 Å². The van der Waals surface area contributed by atoms with Crippen molar-refractivity contribution in [1.82, 2.24) is 10.6 Å². The van der Waals surface area contributed by atoms with Crippen LogP contribution in [0, 0.1) is 17.8 Å². The van der Waals surface area contributed by atoms with E-state index in [0.29, 0.717) is 17.7 Å². The summed E-state index contributed by atoms with van der Waals surface area (Å²) in [4.78, 5) is 12.1. The van der Waals surface area contributed by atoms with Gasteiger partial charge in [-0.15, -0.1) is 12.4 Å². The first kappa shape index (κ1) is 15.8. The Hall–Kier alpha value is -0.540. The maximum absolute atomic E-state index is 12.1. The first-order valence-corrected chi connectivity index (χ1v) is 8.01. The van der Waals surface area contributed by atoms with Gasteiger partial charge in [0.05, 0.1) is 0 Å². The number of rotatable bonds is 4. The van der Waals surface area contributed by atoms with Gasteiger partial charge in [-0.25, -0.2) is 0 Å². The summed E-state index contributed by atoms with van der Waals surface area (Å²) in [5.74, 6) is 2.21. The molecule has 2 unspecified atom stereocenters. The van der Waals surface area contributed by atoms with Gasteiger partial charge in [-0.2, -0.15) is 0 Å². The number of hydrogen-bond donors (Lipinski definition) is 2. The van der Waals surface area contributed by atoms with Crippen molar-refractivity contribution in [3.63, 3.8) is 0 Å². The zero-order valence-electron chi connectivity index (χ0n) is 12.2. The second-order valence-corrected chi connectivity index (χ2v) is 6.44. The Kier molecular flexibility index (Phi) is 5.91. The average molecular weight is 299 g/mol. The largest absolute Gasteiger partial charge is 0.352 e. The first-order valence-electron chi connectivity index (χ1n) is 8.01. The zero-order chi connectivity index (χ0) is 13.1. The molecule has 0 aromatic carbocycles. The van der Waals surface area contributed by atoms with Crippen molar-refractivity contribution >= 4 is 18.3 Å². The second-order valence-electron chi connectivity index (χ2n) is 6.44. The minimum atomic E-state index is 0. The molecule has 2 aliphatic carbocycles. The van der Waals surface area contributed by atoms with Crippen molar-refractivity contribution in [1.29, 1.82) is 0 Å². The summed E-state index contributed by atoms with van der Waals surface area (Å²) in [6.45, 7) is 2.78. The molecule has 3 aliphatic rings. The molecule has 0 aromatic rings. The third kappa shape index (κ3) is 3.98. The third-order valence-corrected chi connectivity index (χ3v) is 5.08. The van der Waals surface area contributed by atoms with E-state index in [1.807, 2.05) is 0 Å². The fraction of sp³-hybridized carbons (Fsp3) is 0.812. The predicted octanol–water partition coefficient (Wildman–Crippen LogP) is 2.66. The van der Waals surface area contributed by atoms with Crippen molar-refractivity contribution in [2.75, 3.05) is 19.6 Å². The van der Waals surface area contributed by atoms with E-state index in [9.17, 15) is 4.79 Å². The number of hydrogen-bond acceptors (Lipinski definition) is 2. The number of carbonyl (C=O) groups excluding carboxylic acids is 1. The highest BCUT2D eigenvalue weighted by molar-refractivity contribution is 5.85. The predicted molar refractivity (Wildman–Crippen MR) is 84.0 cm³/mol. The van der Waals surface area contributed by atoms with E-state index in [1.165, 1.54) is 37.7 Å². The minimum Gasteiger partial charge on any atom is -0.352 e. The Balaban J connectivity index is 0.00000147. The lowest BCUT2D eigenvalue weighted by Crippen LogP contribution is -2.31. The Labute approximate surface area is 128 Å². The Bertz CT molecular complexity index is 363. The van der Waals surface area contributed by atoms with Gasteiger partial charge >= 0.3 is 0 Å². The van der Waals surface area contributed by atoms with Gasteiger partial charge in [-0.1, -0.05) is 43.8 Å². The third-order valence-electron chi connectivity index (χ3n) is 5.08. The molecular formula is C16H27ClN2O. The molecule has 2 N–H and O–H groups in total. The van der Waals surface area contributed by atoms with Crippen molar-refractivity contribution < 1.29 is 4.79 Å². The Morgan fingerprint density at radius 2 is 2.10 bits per heavy atom. The standard InChI is InChI=1S/C16H26N2O.ClH/c19-16(18-11-12-6-8-17-9-7-12)15-10-14(15)13-4-2-1-3-5-13;/h6,13-15,17H,1-5,7-11H2,(H,18,19);1H. The molecule has 114 valence electrons. The zero-order valence-corrected chi connectivity index (χ0v) is 13.0. The SMILES string of the molecule is Cl.O=C(NCC1=CCNCC1)C1CC1C1CCCCC1. The van der Waals surface area contributed by atoms with Gasteiger partial charge in [0.1, 0.15) is 0 Å². The molecule has 3 nitrogen and oxygen atoms in total. The Morgan fingerprint density at radius 1 is 1.30 bits per heavy atom. The van der Waals surface area contributed by atoms with Crippen LogP contribution >= 0.6 is 12.4 Å². The van der Waals surface area contributed by atoms with Crippen LogP contribution in [-0.2, 0) is 4.79 Å². The normalized spacial score (nSPS) is 30.1. The molecule has 0 spiro atoms. The summed E-state index contributed by atoms with van der Waals surface area (Å²) < 4.78 is 0. The van der Waals surface area contributed by atoms with Gasteiger partial charge < -0.3 is 10.6 Å². The minimum absolute atomic E-state index is 0. The van der Waals surface area contributed by atoms with Crippen LogP contribution in [-0.4, -0.2) is 25.5 Å². The van der Waals surface area contributed by atoms with Crippen LogP contribution in [0.5, 0.6) is 0 Å². The van der Waals surface area contributed by atoms with E-state index < -0.39 is 0 Å². The first-order chi connectivity index (χ1) is 9.34. The highest BCUT2D eigenvalue weighted by atomic mass is 35.5. The summed E-state index contributed by atoms with van der Waals surface area (Å²) in [6, 6.07) is 0. The van der Waals surface area contributed by atoms with Crippen molar-refractivity contribution in [3.05, 3.63) is 11.6 Å². The molecule has 1 heterocycles. The monoisotopic (exact) mass is 298 g/mol. The van der Waals surface area contributed by atoms with Crippen LogP contribution in [0.25, 0.3) is 0 Å². The molecule has 0 radical (unpaired) electrons. The average Bonchev–Trinajstić information content (AvgIpc) is 3.27. The molecule has 2 saturated carbocycles. The fourth-order valence-corrected chi connectivity index (χ4v) is 3.76. The molecule has 2 atom stereocenters. The van der Waals surface area contributed by atoms with Crippen molar-refractivity contribution in [2.45, 2.75) is 44.9 Å². The lowest BCUT2D eigenvalue weighted by Gasteiger charge is -2.21. The molecule has 3 rings (SSSR count). The maximum atomic E-state index is 12.1. The molecule has 2 fully saturated rings. The molecule has 0 saturated heterocycles. The highest BCUT2D eigenvalue weighted by Gasteiger charge is 2.47. The summed E-state index contributed by atoms with van der Waals surface area (Å²) in [7, 11) is 0. The van der Waals surface area contributed by atoms with Crippen LogP contribution in [0.4, 0.5) is 0 Å². The van der Waals surface area contributed by atoms with E-state index >= 15 is 0 Å². The number of halogens is 1. The maximum Gasteiger partial charge on any atom is 0.223 e. The van der Waals surface area contributed by atoms with E-state index in [0.717, 1.165) is 38.4 Å². The van der Waals surface area contributed by atoms with Crippen LogP contribution in [0.15, 0.2) is 11.6 Å². The highest BCUT2D eigenvalue weighted by Crippen LogP contribution is 2.49. The van der Waals surface area contributed by atoms with Gasteiger partial charge in [-0.3, -0.25) is 4.79 Å². The van der Waals surface area contributed by atoms with Crippen molar-refractivity contribution in [2.24, 2.45) is 17.8 Å². The van der Waals surface area contributed by atoms with Gasteiger partial charge in [0.25, 0.3) is 0 Å². The summed E-state index contributed by atoms with van der Waals surface area (Å²) >= 11 is 0. The summed E-state index contributed by atoms with van der Waals surface area (Å²) in [6.07, 6.45) is 11.4. The fourth-order valence-electron chi connectivity index (χ4n) is 3.76. The van der Waals surface area contributed by atoms with E-state index in [2.05, 4.69) is 16.7 Å². The lowest BCUT2D eigenvalue weighted by molar-refractivity contribution is -0.122. The Morgan fingerprint density at radius 3 is 2.80 bits per heavy atom. The molecule has 1 aliphatic heterocycles. The molecule has 20 heavy (non-hydrogen) atoms. The van der Waals surface area contributed by atoms with E-state index in [4.69, 9.17) is 0 Å². The van der Waals surface area contributed by atoms with Crippen LogP contribution in [0.3, 0.4) is 0 Å². The molecule has 0 aromatic heterocycles. The quantitative estimate of drug-likeness (QED) is 0.784. The van der Waals surface area contributed by atoms with Gasteiger partial charge in [0.15, 0.2) is 0 Å². The number of carbonyl (C=O) groups is 1. The molecule has 0 bridgehead atoms. The number of amides is 1. The molecular weight excluding hydrogens is 272 g/mol. The molecule has 1 amide bonds. The molecule has 4 heteroatoms. The van der Waals surface area contributed by atoms with Gasteiger partial charge in [0, 0.05) is 19.0 Å². The lowest BCUT2D eigenvalue weighted by atomic mass is 9.85. The summed E-state index contributed by atoms with van der Waals surface area (Å²) in [5, 5.41) is 6.45. The van der Waals surface area contributed by atoms with E-state index in [-0.39, 0.29) is 12.4 Å². The summed E-state index contributed by atoms with van der Waals surface area (Å²) in [5.41, 5.74) is 1.39. The van der Waals surface area contributed by atoms with Crippen LogP contribution in [0.1, 0.15) is 44.9 Å². The number of nitrogens with one attached hydrogen (secondary N) is 2. The van der Waals surface area contributed by atoms with Crippen LogP contribution in [0.2, 0.25) is 0 Å². The van der Waals surface area contributed by atoms with Crippen LogP contribution < -0.4 is 10.6 Å². The van der Waals surface area contributed by atoms with Gasteiger partial charge in [-0.05, 0) is 31.2 Å². The smallest absolute Gasteiger partial charge is 0.223 e. The van der Waals surface area contributed by atoms with E-state index in [1.54, 1.807) is 0 Å². The topological polar surface area (TPSA) is 41.1 Å².